The molecule has 19 heavy (non-hydrogen) atoms. The molecular formula is C13H12FN3O2. The molecule has 0 aliphatic heterocycles. The topological polar surface area (TPSA) is 88.2 Å². The summed E-state index contributed by atoms with van der Waals surface area (Å²) in [4.78, 5) is 15.0. The number of anilines is 3. The van der Waals surface area contributed by atoms with Crippen molar-refractivity contribution in [1.82, 2.24) is 4.98 Å². The number of carboxylic acid groups (broad SMARTS) is 1. The van der Waals surface area contributed by atoms with Crippen molar-refractivity contribution in [3.05, 3.63) is 47.5 Å². The molecule has 98 valence electrons. The third kappa shape index (κ3) is 2.62. The number of nitrogens with zero attached hydrogens (tertiary/aromatic N) is 1. The molecule has 5 nitrogen and oxygen atoms in total. The van der Waals surface area contributed by atoms with E-state index < -0.39 is 11.8 Å². The molecule has 0 bridgehead atoms. The quantitative estimate of drug-likeness (QED) is 0.739. The van der Waals surface area contributed by atoms with Gasteiger partial charge in [-0.15, -0.1) is 0 Å². The van der Waals surface area contributed by atoms with Crippen molar-refractivity contribution in [2.24, 2.45) is 0 Å². The van der Waals surface area contributed by atoms with Crippen LogP contribution in [0.3, 0.4) is 0 Å². The fourth-order valence-corrected chi connectivity index (χ4v) is 1.63. The van der Waals surface area contributed by atoms with Crippen molar-refractivity contribution in [2.75, 3.05) is 11.1 Å². The van der Waals surface area contributed by atoms with Crippen LogP contribution in [-0.4, -0.2) is 16.1 Å². The zero-order chi connectivity index (χ0) is 14.0. The molecule has 0 fully saturated rings. The van der Waals surface area contributed by atoms with E-state index in [9.17, 15) is 9.18 Å². The zero-order valence-electron chi connectivity index (χ0n) is 10.1. The van der Waals surface area contributed by atoms with Crippen LogP contribution in [0.5, 0.6) is 0 Å². The summed E-state index contributed by atoms with van der Waals surface area (Å²) < 4.78 is 13.8. The first-order chi connectivity index (χ1) is 8.99. The number of nitrogen functional groups attached to an aromatic ring is 1. The molecule has 2 aromatic rings. The molecule has 0 aliphatic carbocycles. The van der Waals surface area contributed by atoms with Crippen LogP contribution in [0.2, 0.25) is 0 Å². The molecule has 0 amide bonds. The average Bonchev–Trinajstić information content (AvgIpc) is 2.34. The second kappa shape index (κ2) is 4.93. The largest absolute Gasteiger partial charge is 0.478 e. The molecule has 4 N–H and O–H groups in total. The zero-order valence-corrected chi connectivity index (χ0v) is 10.1. The maximum absolute atomic E-state index is 13.8. The first-order valence-corrected chi connectivity index (χ1v) is 5.50. The second-order valence-electron chi connectivity index (χ2n) is 3.99. The minimum absolute atomic E-state index is 0.0442. The van der Waals surface area contributed by atoms with E-state index in [0.717, 1.165) is 6.07 Å². The fraction of sp³-hybridized carbons (Fsp3) is 0.0769. The second-order valence-corrected chi connectivity index (χ2v) is 3.99. The fourth-order valence-electron chi connectivity index (χ4n) is 1.63. The van der Waals surface area contributed by atoms with Gasteiger partial charge in [0.2, 0.25) is 0 Å². The van der Waals surface area contributed by atoms with Crippen molar-refractivity contribution in [3.8, 4) is 0 Å². The molecule has 1 aromatic carbocycles. The Morgan fingerprint density at radius 3 is 2.79 bits per heavy atom. The van der Waals surface area contributed by atoms with Gasteiger partial charge < -0.3 is 16.2 Å². The Balaban J connectivity index is 2.43. The molecule has 6 heteroatoms. The smallest absolute Gasteiger partial charge is 0.337 e. The van der Waals surface area contributed by atoms with Crippen LogP contribution in [0.25, 0.3) is 0 Å². The lowest BCUT2D eigenvalue weighted by Crippen LogP contribution is -2.06. The number of carbonyl (C=O) groups is 1. The molecule has 1 aromatic heterocycles. The van der Waals surface area contributed by atoms with Gasteiger partial charge in [-0.2, -0.15) is 0 Å². The number of nitrogens with two attached hydrogens (primary N) is 1. The standard InChI is InChI=1S/C13H12FN3O2/c1-7-11(3-2-4-16-7)17-12-5-8(13(18)19)10(15)6-9(12)14/h2-6,17H,15H2,1H3,(H,18,19). The number of nitrogens with one attached hydrogen (secondary N) is 1. The Kier molecular flexibility index (Phi) is 3.33. The number of aromatic nitrogens is 1. The summed E-state index contributed by atoms with van der Waals surface area (Å²) in [6, 6.07) is 5.57. The minimum atomic E-state index is -1.21. The number of rotatable bonds is 3. The molecule has 0 atom stereocenters. The molecule has 0 aliphatic rings. The number of aromatic carboxylic acids is 1. The van der Waals surface area contributed by atoms with Crippen LogP contribution in [0, 0.1) is 12.7 Å². The predicted octanol–water partition coefficient (Wildman–Crippen LogP) is 2.55. The van der Waals surface area contributed by atoms with Gasteiger partial charge in [0.1, 0.15) is 5.82 Å². The van der Waals surface area contributed by atoms with E-state index in [1.807, 2.05) is 0 Å². The molecule has 0 unspecified atom stereocenters. The van der Waals surface area contributed by atoms with E-state index in [2.05, 4.69) is 10.3 Å². The van der Waals surface area contributed by atoms with Crippen molar-refractivity contribution in [2.45, 2.75) is 6.92 Å². The highest BCUT2D eigenvalue weighted by molar-refractivity contribution is 5.95. The maximum atomic E-state index is 13.8. The molecule has 0 spiro atoms. The average molecular weight is 261 g/mol. The van der Waals surface area contributed by atoms with Gasteiger partial charge in [0, 0.05) is 11.9 Å². The van der Waals surface area contributed by atoms with Gasteiger partial charge in [0.15, 0.2) is 0 Å². The molecule has 2 rings (SSSR count). The van der Waals surface area contributed by atoms with Gasteiger partial charge in [0.05, 0.1) is 22.6 Å². The third-order valence-corrected chi connectivity index (χ3v) is 2.65. The summed E-state index contributed by atoms with van der Waals surface area (Å²) in [6.45, 7) is 1.76. The number of pyridine rings is 1. The Hall–Kier alpha value is -2.63. The minimum Gasteiger partial charge on any atom is -0.478 e. The number of aryl methyl sites for hydroxylation is 1. The summed E-state index contributed by atoms with van der Waals surface area (Å²) in [6.07, 6.45) is 1.61. The van der Waals surface area contributed by atoms with Crippen molar-refractivity contribution in [3.63, 3.8) is 0 Å². The van der Waals surface area contributed by atoms with Gasteiger partial charge in [-0.3, -0.25) is 4.98 Å². The SMILES string of the molecule is Cc1ncccc1Nc1cc(C(=O)O)c(N)cc1F. The third-order valence-electron chi connectivity index (χ3n) is 2.65. The van der Waals surface area contributed by atoms with Crippen molar-refractivity contribution >= 4 is 23.0 Å². The van der Waals surface area contributed by atoms with Gasteiger partial charge >= 0.3 is 5.97 Å². The summed E-state index contributed by atoms with van der Waals surface area (Å²) in [5.41, 5.74) is 6.51. The molecule has 0 radical (unpaired) electrons. The number of benzene rings is 1. The van der Waals surface area contributed by atoms with E-state index in [0.29, 0.717) is 11.4 Å². The van der Waals surface area contributed by atoms with Gasteiger partial charge in [-0.25, -0.2) is 9.18 Å². The van der Waals surface area contributed by atoms with E-state index >= 15 is 0 Å². The highest BCUT2D eigenvalue weighted by Crippen LogP contribution is 2.26. The van der Waals surface area contributed by atoms with E-state index in [1.165, 1.54) is 6.07 Å². The highest BCUT2D eigenvalue weighted by atomic mass is 19.1. The first-order valence-electron chi connectivity index (χ1n) is 5.50. The normalized spacial score (nSPS) is 10.2. The molecule has 0 saturated heterocycles. The molecular weight excluding hydrogens is 249 g/mol. The van der Waals surface area contributed by atoms with Crippen LogP contribution in [0.1, 0.15) is 16.1 Å². The summed E-state index contributed by atoms with van der Waals surface area (Å²) >= 11 is 0. The Morgan fingerprint density at radius 2 is 2.16 bits per heavy atom. The van der Waals surface area contributed by atoms with E-state index in [-0.39, 0.29) is 16.9 Å². The summed E-state index contributed by atoms with van der Waals surface area (Å²) in [7, 11) is 0. The van der Waals surface area contributed by atoms with Gasteiger partial charge in [-0.05, 0) is 31.2 Å². The van der Waals surface area contributed by atoms with E-state index in [1.54, 1.807) is 25.3 Å². The number of carboxylic acids is 1. The lowest BCUT2D eigenvalue weighted by atomic mass is 10.1. The number of hydrogen-bond donors (Lipinski definition) is 3. The van der Waals surface area contributed by atoms with Crippen LogP contribution in [-0.2, 0) is 0 Å². The predicted molar refractivity (Wildman–Crippen MR) is 70.0 cm³/mol. The van der Waals surface area contributed by atoms with E-state index in [4.69, 9.17) is 10.8 Å². The number of halogens is 1. The van der Waals surface area contributed by atoms with Crippen LogP contribution < -0.4 is 11.1 Å². The first kappa shape index (κ1) is 12.8. The maximum Gasteiger partial charge on any atom is 0.337 e. The van der Waals surface area contributed by atoms with Gasteiger partial charge in [-0.1, -0.05) is 0 Å². The molecule has 1 heterocycles. The van der Waals surface area contributed by atoms with Gasteiger partial charge in [0.25, 0.3) is 0 Å². The van der Waals surface area contributed by atoms with Crippen LogP contribution in [0.4, 0.5) is 21.5 Å². The lowest BCUT2D eigenvalue weighted by molar-refractivity contribution is 0.0698. The van der Waals surface area contributed by atoms with Crippen molar-refractivity contribution < 1.29 is 14.3 Å². The highest BCUT2D eigenvalue weighted by Gasteiger charge is 2.13. The summed E-state index contributed by atoms with van der Waals surface area (Å²) in [5, 5.41) is 11.8. The Labute approximate surface area is 108 Å². The van der Waals surface area contributed by atoms with Crippen molar-refractivity contribution in [1.29, 1.82) is 0 Å². The number of hydrogen-bond acceptors (Lipinski definition) is 4. The Bertz CT molecular complexity index is 644. The van der Waals surface area contributed by atoms with Crippen LogP contribution in [0.15, 0.2) is 30.5 Å². The summed E-state index contributed by atoms with van der Waals surface area (Å²) in [5.74, 6) is -1.82. The Morgan fingerprint density at radius 1 is 1.42 bits per heavy atom. The molecule has 0 saturated carbocycles. The van der Waals surface area contributed by atoms with Crippen LogP contribution >= 0.6 is 0 Å². The monoisotopic (exact) mass is 261 g/mol. The lowest BCUT2D eigenvalue weighted by Gasteiger charge is -2.11.